The molecule has 0 saturated carbocycles. The second kappa shape index (κ2) is 8.39. The van der Waals surface area contributed by atoms with Gasteiger partial charge >= 0.3 is 0 Å². The van der Waals surface area contributed by atoms with Crippen molar-refractivity contribution in [2.75, 3.05) is 30.4 Å². The Bertz CT molecular complexity index is 920. The van der Waals surface area contributed by atoms with Gasteiger partial charge in [-0.05, 0) is 56.3 Å². The van der Waals surface area contributed by atoms with Crippen LogP contribution in [0.4, 0.5) is 20.2 Å². The summed E-state index contributed by atoms with van der Waals surface area (Å²) in [5, 5.41) is 16.7. The number of hydrogen-bond donors (Lipinski definition) is 3. The average Bonchev–Trinajstić information content (AvgIpc) is 3.40. The van der Waals surface area contributed by atoms with Crippen molar-refractivity contribution in [1.82, 2.24) is 5.32 Å². The number of halogens is 2. The highest BCUT2D eigenvalue weighted by Gasteiger charge is 2.23. The van der Waals surface area contributed by atoms with Crippen LogP contribution in [-0.2, 0) is 0 Å². The first kappa shape index (κ1) is 19.7. The molecule has 2 unspecified atom stereocenters. The third-order valence-electron chi connectivity index (χ3n) is 5.48. The molecule has 0 amide bonds. The highest BCUT2D eigenvalue weighted by molar-refractivity contribution is 5.75. The maximum atomic E-state index is 14.0. The SMILES string of the molecule is CNC1CCN(c2ccc(NC(O)c3ccc(C4=CCCC(F)=C4F)o3)cc2)C1. The summed E-state index contributed by atoms with van der Waals surface area (Å²) in [6, 6.07) is 11.4. The Kier molecular flexibility index (Phi) is 5.69. The lowest BCUT2D eigenvalue weighted by molar-refractivity contribution is 0.177. The summed E-state index contributed by atoms with van der Waals surface area (Å²) in [5.74, 6) is -1.22. The molecule has 1 saturated heterocycles. The van der Waals surface area contributed by atoms with Gasteiger partial charge in [0, 0.05) is 36.9 Å². The van der Waals surface area contributed by atoms with Gasteiger partial charge in [0.2, 0.25) is 0 Å². The number of aliphatic hydroxyl groups excluding tert-OH is 1. The zero-order valence-electron chi connectivity index (χ0n) is 16.3. The molecule has 1 aliphatic carbocycles. The summed E-state index contributed by atoms with van der Waals surface area (Å²) in [6.07, 6.45) is 2.11. The van der Waals surface area contributed by atoms with Gasteiger partial charge < -0.3 is 25.1 Å². The van der Waals surface area contributed by atoms with Gasteiger partial charge in [0.25, 0.3) is 0 Å². The molecular weight excluding hydrogens is 376 g/mol. The van der Waals surface area contributed by atoms with Crippen LogP contribution >= 0.6 is 0 Å². The van der Waals surface area contributed by atoms with Crippen LogP contribution in [0.3, 0.4) is 0 Å². The van der Waals surface area contributed by atoms with E-state index >= 15 is 0 Å². The first-order chi connectivity index (χ1) is 14.0. The van der Waals surface area contributed by atoms with Gasteiger partial charge in [0.1, 0.15) is 11.6 Å². The summed E-state index contributed by atoms with van der Waals surface area (Å²) < 4.78 is 33.1. The first-order valence-electron chi connectivity index (χ1n) is 9.87. The van der Waals surface area contributed by atoms with Gasteiger partial charge in [-0.25, -0.2) is 8.78 Å². The van der Waals surface area contributed by atoms with Crippen LogP contribution in [0.15, 0.2) is 58.5 Å². The van der Waals surface area contributed by atoms with Gasteiger partial charge in [0.05, 0.1) is 5.57 Å². The Labute approximate surface area is 168 Å². The Morgan fingerprint density at radius 1 is 1.17 bits per heavy atom. The van der Waals surface area contributed by atoms with Crippen molar-refractivity contribution in [3.63, 3.8) is 0 Å². The molecule has 0 radical (unpaired) electrons. The summed E-state index contributed by atoms with van der Waals surface area (Å²) in [4.78, 5) is 2.32. The fourth-order valence-corrected chi connectivity index (χ4v) is 3.77. The highest BCUT2D eigenvalue weighted by Crippen LogP contribution is 2.35. The van der Waals surface area contributed by atoms with Crippen LogP contribution < -0.4 is 15.5 Å². The van der Waals surface area contributed by atoms with E-state index in [2.05, 4.69) is 15.5 Å². The number of benzene rings is 1. The monoisotopic (exact) mass is 401 g/mol. The number of aliphatic hydroxyl groups is 1. The quantitative estimate of drug-likeness (QED) is 0.622. The minimum atomic E-state index is -1.10. The topological polar surface area (TPSA) is 60.7 Å². The number of furan rings is 1. The normalized spacial score (nSPS) is 20.8. The van der Waals surface area contributed by atoms with Crippen LogP contribution in [0, 0.1) is 0 Å². The van der Waals surface area contributed by atoms with Gasteiger partial charge in [-0.3, -0.25) is 0 Å². The molecule has 0 bridgehead atoms. The van der Waals surface area contributed by atoms with E-state index in [4.69, 9.17) is 4.42 Å². The van der Waals surface area contributed by atoms with E-state index in [0.29, 0.717) is 12.5 Å². The number of nitrogens with one attached hydrogen (secondary N) is 2. The Morgan fingerprint density at radius 2 is 1.97 bits per heavy atom. The molecule has 2 atom stereocenters. The Hall–Kier alpha value is -2.64. The molecule has 3 N–H and O–H groups in total. The van der Waals surface area contributed by atoms with E-state index < -0.39 is 17.9 Å². The number of rotatable bonds is 6. The zero-order valence-corrected chi connectivity index (χ0v) is 16.3. The number of anilines is 2. The van der Waals surface area contributed by atoms with Crippen molar-refractivity contribution in [2.24, 2.45) is 0 Å². The van der Waals surface area contributed by atoms with Crippen LogP contribution in [0.2, 0.25) is 0 Å². The highest BCUT2D eigenvalue weighted by atomic mass is 19.2. The zero-order chi connectivity index (χ0) is 20.4. The molecular formula is C22H25F2N3O2. The summed E-state index contributed by atoms with van der Waals surface area (Å²) in [5.41, 5.74) is 1.97. The van der Waals surface area contributed by atoms with Crippen LogP contribution in [0.25, 0.3) is 5.57 Å². The predicted octanol–water partition coefficient (Wildman–Crippen LogP) is 4.51. The van der Waals surface area contributed by atoms with E-state index in [1.807, 2.05) is 31.3 Å². The van der Waals surface area contributed by atoms with E-state index in [1.165, 1.54) is 0 Å². The minimum Gasteiger partial charge on any atom is -0.456 e. The van der Waals surface area contributed by atoms with Gasteiger partial charge in [-0.2, -0.15) is 0 Å². The lowest BCUT2D eigenvalue weighted by Gasteiger charge is -2.19. The lowest BCUT2D eigenvalue weighted by atomic mass is 10.0. The molecule has 5 nitrogen and oxygen atoms in total. The van der Waals surface area contributed by atoms with E-state index in [0.717, 1.165) is 30.9 Å². The van der Waals surface area contributed by atoms with Crippen LogP contribution in [-0.4, -0.2) is 31.3 Å². The average molecular weight is 401 g/mol. The molecule has 4 rings (SSSR count). The van der Waals surface area contributed by atoms with Crippen molar-refractivity contribution in [1.29, 1.82) is 0 Å². The van der Waals surface area contributed by atoms with Crippen molar-refractivity contribution < 1.29 is 18.3 Å². The first-order valence-corrected chi connectivity index (χ1v) is 9.87. The van der Waals surface area contributed by atoms with Crippen molar-refractivity contribution >= 4 is 16.9 Å². The predicted molar refractivity (Wildman–Crippen MR) is 110 cm³/mol. The van der Waals surface area contributed by atoms with Gasteiger partial charge in [0.15, 0.2) is 17.8 Å². The molecule has 0 spiro atoms. The molecule has 154 valence electrons. The largest absolute Gasteiger partial charge is 0.456 e. The Balaban J connectivity index is 1.40. The van der Waals surface area contributed by atoms with Crippen molar-refractivity contribution in [2.45, 2.75) is 31.5 Å². The van der Waals surface area contributed by atoms with E-state index in [9.17, 15) is 13.9 Å². The number of allylic oxidation sites excluding steroid dienone is 4. The van der Waals surface area contributed by atoms with Crippen LogP contribution in [0.1, 0.15) is 37.0 Å². The van der Waals surface area contributed by atoms with Crippen LogP contribution in [0.5, 0.6) is 0 Å². The van der Waals surface area contributed by atoms with Crippen molar-refractivity contribution in [3.05, 3.63) is 65.6 Å². The molecule has 29 heavy (non-hydrogen) atoms. The number of hydrogen-bond acceptors (Lipinski definition) is 5. The van der Waals surface area contributed by atoms with E-state index in [1.54, 1.807) is 18.2 Å². The van der Waals surface area contributed by atoms with Gasteiger partial charge in [-0.15, -0.1) is 0 Å². The maximum absolute atomic E-state index is 14.0. The molecule has 1 aromatic heterocycles. The molecule has 2 heterocycles. The summed E-state index contributed by atoms with van der Waals surface area (Å²) in [7, 11) is 1.98. The van der Waals surface area contributed by atoms with Crippen molar-refractivity contribution in [3.8, 4) is 0 Å². The summed E-state index contributed by atoms with van der Waals surface area (Å²) >= 11 is 0. The molecule has 7 heteroatoms. The molecule has 2 aliphatic rings. The fourth-order valence-electron chi connectivity index (χ4n) is 3.77. The fraction of sp³-hybridized carbons (Fsp3) is 0.364. The third kappa shape index (κ3) is 4.21. The van der Waals surface area contributed by atoms with Gasteiger partial charge in [-0.1, -0.05) is 6.08 Å². The van der Waals surface area contributed by atoms with E-state index in [-0.39, 0.29) is 23.5 Å². The second-order valence-electron chi connectivity index (χ2n) is 7.39. The second-order valence-corrected chi connectivity index (χ2v) is 7.39. The molecule has 1 fully saturated rings. The molecule has 2 aromatic rings. The standard InChI is InChI=1S/C22H25F2N3O2/c1-25-15-11-12-27(13-15)16-7-5-14(6-8-16)26-22(28)20-10-9-19(29-20)17-3-2-4-18(23)21(17)24/h3,5-10,15,22,25-26,28H,2,4,11-13H2,1H3. The third-order valence-corrected chi connectivity index (χ3v) is 5.48. The lowest BCUT2D eigenvalue weighted by Crippen LogP contribution is -2.29. The smallest absolute Gasteiger partial charge is 0.184 e. The number of likely N-dealkylation sites (N-methyl/N-ethyl adjacent to an activating group) is 1. The molecule has 1 aliphatic heterocycles. The maximum Gasteiger partial charge on any atom is 0.184 e. The Morgan fingerprint density at radius 3 is 2.69 bits per heavy atom. The molecule has 1 aromatic carbocycles. The summed E-state index contributed by atoms with van der Waals surface area (Å²) in [6.45, 7) is 1.99. The number of nitrogens with zero attached hydrogens (tertiary/aromatic N) is 1. The minimum absolute atomic E-state index is 0.0656.